The molecule has 7 heteroatoms. The maximum Gasteiger partial charge on any atom is 0.219 e. The number of hydrogen-bond donors (Lipinski definition) is 1. The lowest BCUT2D eigenvalue weighted by Crippen LogP contribution is -2.33. The fourth-order valence-electron chi connectivity index (χ4n) is 3.12. The normalized spacial score (nSPS) is 21.7. The number of nitrogens with zero attached hydrogens (tertiary/aromatic N) is 1. The standard InChI is InChI=1S/C16H19FN2O3S/c1-11-7-16(22-18-11)10-23(20,21)19-15-6-5-13(9-15)12-3-2-4-14(17)8-12/h2-4,7-8,13,15,19H,5-6,9-10H2,1H3. The summed E-state index contributed by atoms with van der Waals surface area (Å²) >= 11 is 0. The summed E-state index contributed by atoms with van der Waals surface area (Å²) in [6, 6.07) is 8.01. The van der Waals surface area contributed by atoms with Crippen molar-refractivity contribution >= 4 is 10.0 Å². The number of nitrogens with one attached hydrogen (secondary N) is 1. The van der Waals surface area contributed by atoms with E-state index in [9.17, 15) is 12.8 Å². The molecule has 1 heterocycles. The van der Waals surface area contributed by atoms with Gasteiger partial charge >= 0.3 is 0 Å². The van der Waals surface area contributed by atoms with Gasteiger partial charge in [0.25, 0.3) is 0 Å². The molecule has 1 fully saturated rings. The Morgan fingerprint density at radius 2 is 2.17 bits per heavy atom. The minimum absolute atomic E-state index is 0.128. The van der Waals surface area contributed by atoms with Gasteiger partial charge in [0, 0.05) is 12.1 Å². The second-order valence-corrected chi connectivity index (χ2v) is 7.83. The Balaban J connectivity index is 1.61. The molecule has 2 unspecified atom stereocenters. The number of halogens is 1. The number of hydrogen-bond acceptors (Lipinski definition) is 4. The molecule has 1 aromatic carbocycles. The number of sulfonamides is 1. The zero-order chi connectivity index (χ0) is 16.4. The van der Waals surface area contributed by atoms with E-state index in [-0.39, 0.29) is 23.5 Å². The monoisotopic (exact) mass is 338 g/mol. The molecule has 1 saturated carbocycles. The van der Waals surface area contributed by atoms with E-state index >= 15 is 0 Å². The van der Waals surface area contributed by atoms with Gasteiger partial charge in [0.05, 0.1) is 5.69 Å². The molecule has 0 bridgehead atoms. The van der Waals surface area contributed by atoms with E-state index in [0.29, 0.717) is 17.9 Å². The van der Waals surface area contributed by atoms with Gasteiger partial charge in [-0.2, -0.15) is 0 Å². The first-order valence-corrected chi connectivity index (χ1v) is 9.24. The average molecular weight is 338 g/mol. The van der Waals surface area contributed by atoms with Crippen LogP contribution in [0.1, 0.15) is 42.2 Å². The van der Waals surface area contributed by atoms with Crippen LogP contribution in [0.25, 0.3) is 0 Å². The molecule has 1 aromatic heterocycles. The predicted octanol–water partition coefficient (Wildman–Crippen LogP) is 2.88. The van der Waals surface area contributed by atoms with Crippen LogP contribution in [-0.2, 0) is 15.8 Å². The van der Waals surface area contributed by atoms with Crippen molar-refractivity contribution in [1.82, 2.24) is 9.88 Å². The molecule has 0 aliphatic heterocycles. The fraction of sp³-hybridized carbons (Fsp3) is 0.438. The summed E-state index contributed by atoms with van der Waals surface area (Å²) in [6.45, 7) is 1.74. The third-order valence-electron chi connectivity index (χ3n) is 4.11. The Labute approximate surface area is 134 Å². The van der Waals surface area contributed by atoms with Gasteiger partial charge in [-0.15, -0.1) is 0 Å². The van der Waals surface area contributed by atoms with E-state index in [0.717, 1.165) is 18.4 Å². The van der Waals surface area contributed by atoms with Crippen LogP contribution in [0, 0.1) is 12.7 Å². The van der Waals surface area contributed by atoms with E-state index < -0.39 is 10.0 Å². The molecular formula is C16H19FN2O3S. The van der Waals surface area contributed by atoms with Gasteiger partial charge in [-0.05, 0) is 49.8 Å². The molecule has 1 N–H and O–H groups in total. The highest BCUT2D eigenvalue weighted by molar-refractivity contribution is 7.88. The Morgan fingerprint density at radius 3 is 2.87 bits per heavy atom. The molecule has 2 atom stereocenters. The summed E-state index contributed by atoms with van der Waals surface area (Å²) in [5.41, 5.74) is 1.58. The van der Waals surface area contributed by atoms with Gasteiger partial charge in [0.2, 0.25) is 10.0 Å². The van der Waals surface area contributed by atoms with Gasteiger partial charge in [0.1, 0.15) is 11.6 Å². The summed E-state index contributed by atoms with van der Waals surface area (Å²) in [4.78, 5) is 0. The van der Waals surface area contributed by atoms with Crippen molar-refractivity contribution in [3.63, 3.8) is 0 Å². The van der Waals surface area contributed by atoms with Crippen LogP contribution >= 0.6 is 0 Å². The van der Waals surface area contributed by atoms with Gasteiger partial charge < -0.3 is 4.52 Å². The highest BCUT2D eigenvalue weighted by Gasteiger charge is 2.29. The molecule has 124 valence electrons. The zero-order valence-electron chi connectivity index (χ0n) is 12.8. The van der Waals surface area contributed by atoms with Gasteiger partial charge in [-0.25, -0.2) is 17.5 Å². The van der Waals surface area contributed by atoms with Gasteiger partial charge in [0.15, 0.2) is 5.76 Å². The molecule has 0 amide bonds. The smallest absolute Gasteiger partial charge is 0.219 e. The molecule has 5 nitrogen and oxygen atoms in total. The minimum atomic E-state index is -3.48. The third kappa shape index (κ3) is 4.17. The number of aryl methyl sites for hydroxylation is 1. The van der Waals surface area contributed by atoms with Crippen molar-refractivity contribution in [2.24, 2.45) is 0 Å². The van der Waals surface area contributed by atoms with Gasteiger partial charge in [-0.1, -0.05) is 17.3 Å². The second-order valence-electron chi connectivity index (χ2n) is 6.07. The van der Waals surface area contributed by atoms with Crippen molar-refractivity contribution < 1.29 is 17.3 Å². The van der Waals surface area contributed by atoms with Crippen LogP contribution < -0.4 is 4.72 Å². The maximum atomic E-state index is 13.3. The maximum absolute atomic E-state index is 13.3. The summed E-state index contributed by atoms with van der Waals surface area (Å²) < 4.78 is 45.4. The van der Waals surface area contributed by atoms with Crippen LogP contribution in [0.2, 0.25) is 0 Å². The molecule has 2 aromatic rings. The van der Waals surface area contributed by atoms with Crippen molar-refractivity contribution in [3.05, 3.63) is 53.2 Å². The first-order chi connectivity index (χ1) is 10.9. The van der Waals surface area contributed by atoms with Crippen molar-refractivity contribution in [2.45, 2.75) is 43.9 Å². The number of aromatic nitrogens is 1. The van der Waals surface area contributed by atoms with E-state index in [1.165, 1.54) is 12.1 Å². The largest absolute Gasteiger partial charge is 0.360 e. The third-order valence-corrected chi connectivity index (χ3v) is 5.46. The molecule has 0 spiro atoms. The van der Waals surface area contributed by atoms with Gasteiger partial charge in [-0.3, -0.25) is 0 Å². The van der Waals surface area contributed by atoms with E-state index in [4.69, 9.17) is 4.52 Å². The second kappa shape index (κ2) is 6.41. The number of rotatable bonds is 5. The molecule has 0 radical (unpaired) electrons. The van der Waals surface area contributed by atoms with Crippen LogP contribution in [0.3, 0.4) is 0 Å². The fourth-order valence-corrected chi connectivity index (χ4v) is 4.43. The quantitative estimate of drug-likeness (QED) is 0.910. The SMILES string of the molecule is Cc1cc(CS(=O)(=O)NC2CCC(c3cccc(F)c3)C2)on1. The van der Waals surface area contributed by atoms with E-state index in [1.807, 2.05) is 6.07 Å². The van der Waals surface area contributed by atoms with E-state index in [2.05, 4.69) is 9.88 Å². The van der Waals surface area contributed by atoms with Crippen molar-refractivity contribution in [1.29, 1.82) is 0 Å². The lowest BCUT2D eigenvalue weighted by molar-refractivity contribution is 0.388. The van der Waals surface area contributed by atoms with Crippen LogP contribution in [0.5, 0.6) is 0 Å². The highest BCUT2D eigenvalue weighted by atomic mass is 32.2. The van der Waals surface area contributed by atoms with Crippen LogP contribution in [0.15, 0.2) is 34.9 Å². The lowest BCUT2D eigenvalue weighted by Gasteiger charge is -2.13. The summed E-state index contributed by atoms with van der Waals surface area (Å²) in [6.07, 6.45) is 2.27. The Hall–Kier alpha value is -1.73. The zero-order valence-corrected chi connectivity index (χ0v) is 13.6. The molecule has 1 aliphatic rings. The Kier molecular flexibility index (Phi) is 4.50. The van der Waals surface area contributed by atoms with Crippen LogP contribution in [0.4, 0.5) is 4.39 Å². The first kappa shape index (κ1) is 16.1. The average Bonchev–Trinajstić information content (AvgIpc) is 3.07. The molecular weight excluding hydrogens is 319 g/mol. The molecule has 23 heavy (non-hydrogen) atoms. The summed E-state index contributed by atoms with van der Waals surface area (Å²) in [5.74, 6) is 0.0439. The Morgan fingerprint density at radius 1 is 1.35 bits per heavy atom. The van der Waals surface area contributed by atoms with E-state index in [1.54, 1.807) is 19.1 Å². The number of benzene rings is 1. The highest BCUT2D eigenvalue weighted by Crippen LogP contribution is 2.35. The molecule has 3 rings (SSSR count). The topological polar surface area (TPSA) is 72.2 Å². The van der Waals surface area contributed by atoms with Crippen molar-refractivity contribution in [2.75, 3.05) is 0 Å². The summed E-state index contributed by atoms with van der Waals surface area (Å²) in [7, 11) is -3.48. The minimum Gasteiger partial charge on any atom is -0.360 e. The first-order valence-electron chi connectivity index (χ1n) is 7.59. The lowest BCUT2D eigenvalue weighted by atomic mass is 9.97. The predicted molar refractivity (Wildman–Crippen MR) is 83.8 cm³/mol. The molecule has 0 saturated heterocycles. The Bertz CT molecular complexity index is 788. The summed E-state index contributed by atoms with van der Waals surface area (Å²) in [5, 5.41) is 3.69. The molecule has 1 aliphatic carbocycles. The van der Waals surface area contributed by atoms with Crippen molar-refractivity contribution in [3.8, 4) is 0 Å². The van der Waals surface area contributed by atoms with Crippen LogP contribution in [-0.4, -0.2) is 19.6 Å².